The van der Waals surface area contributed by atoms with E-state index in [1.165, 1.54) is 257 Å². The maximum Gasteiger partial charge on any atom is 0.0433 e. The molecule has 0 aliphatic carbocycles. The summed E-state index contributed by atoms with van der Waals surface area (Å²) in [5.41, 5.74) is 33.5. The van der Waals surface area contributed by atoms with Crippen LogP contribution in [0.1, 0.15) is 455 Å². The Hall–Kier alpha value is -5.76. The highest BCUT2D eigenvalue weighted by Crippen LogP contribution is 2.25. The number of aliphatic hydroxyl groups is 1. The highest BCUT2D eigenvalue weighted by Gasteiger charge is 2.05. The molecule has 0 fully saturated rings. The van der Waals surface area contributed by atoms with E-state index in [1.807, 2.05) is 0 Å². The van der Waals surface area contributed by atoms with Crippen molar-refractivity contribution >= 4 is 0 Å². The zero-order valence-electron chi connectivity index (χ0n) is 81.3. The van der Waals surface area contributed by atoms with Gasteiger partial charge in [0.05, 0.1) is 0 Å². The van der Waals surface area contributed by atoms with Gasteiger partial charge in [-0.2, -0.15) is 0 Å². The SMILES string of the molecule is CC(C)=CCCC(C)=CCCC(C)=CCCC(C)=CCCC(C)=CCCC(C)=CCCC(C)=CCCC(C)=CCCC(C)=CCCC(C)=CCCC(C)=CCCC(C)=CCCC(C)=CCCC(C)=CCCC(C)=CCCC(C)=CCCC(C)=CCCC(C)=CCCC(C)=CCCC(C)=CCCC(C)=CCCC(C)=CCCC(C)CCO. The minimum absolute atomic E-state index is 0.308. The minimum atomic E-state index is 0.308. The maximum atomic E-state index is 9.12. The van der Waals surface area contributed by atoms with Crippen LogP contribution >= 0.6 is 0 Å². The summed E-state index contributed by atoms with van der Waals surface area (Å²) in [4.78, 5) is 0. The average Bonchev–Trinajstić information content (AvgIpc) is 1.00. The van der Waals surface area contributed by atoms with Gasteiger partial charge in [-0.25, -0.2) is 0 Å². The Morgan fingerprint density at radius 1 is 0.147 bits per heavy atom. The molecule has 1 heteroatoms. The highest BCUT2D eigenvalue weighted by atomic mass is 16.3. The van der Waals surface area contributed by atoms with Crippen LogP contribution in [0.15, 0.2) is 256 Å². The zero-order valence-corrected chi connectivity index (χ0v) is 81.3. The molecule has 1 N–H and O–H groups in total. The number of rotatable bonds is 68. The third kappa shape index (κ3) is 74.5. The minimum Gasteiger partial charge on any atom is -0.396 e. The van der Waals surface area contributed by atoms with E-state index in [0.717, 1.165) is 154 Å². The van der Waals surface area contributed by atoms with Crippen molar-refractivity contribution in [1.82, 2.24) is 0 Å². The summed E-state index contributed by atoms with van der Waals surface area (Å²) in [6.45, 7) is 55.5. The van der Waals surface area contributed by atoms with Gasteiger partial charge in [0.1, 0.15) is 0 Å². The second-order valence-corrected chi connectivity index (χ2v) is 36.8. The Balaban J connectivity index is 4.37. The topological polar surface area (TPSA) is 20.2 Å². The molecule has 0 saturated carbocycles. The molecule has 0 aromatic heterocycles. The smallest absolute Gasteiger partial charge is 0.0433 e. The molecular formula is C115H188O. The van der Waals surface area contributed by atoms with E-state index >= 15 is 0 Å². The van der Waals surface area contributed by atoms with E-state index in [4.69, 9.17) is 5.11 Å². The molecule has 0 amide bonds. The molecule has 0 aromatic carbocycles. The molecule has 0 bridgehead atoms. The molecule has 0 heterocycles. The summed E-state index contributed by atoms with van der Waals surface area (Å²) >= 11 is 0. The molecule has 1 atom stereocenters. The van der Waals surface area contributed by atoms with Crippen molar-refractivity contribution in [3.05, 3.63) is 256 Å². The van der Waals surface area contributed by atoms with Crippen LogP contribution in [-0.4, -0.2) is 11.7 Å². The molecule has 654 valence electrons. The summed E-state index contributed by atoms with van der Waals surface area (Å²) < 4.78 is 0. The van der Waals surface area contributed by atoms with E-state index in [-0.39, 0.29) is 0 Å². The van der Waals surface area contributed by atoms with Crippen molar-refractivity contribution < 1.29 is 5.11 Å². The Morgan fingerprint density at radius 3 is 0.336 bits per heavy atom. The molecule has 1 nitrogen and oxygen atoms in total. The molecule has 116 heavy (non-hydrogen) atoms. The van der Waals surface area contributed by atoms with Crippen LogP contribution in [0.4, 0.5) is 0 Å². The first-order chi connectivity index (χ1) is 55.4. The van der Waals surface area contributed by atoms with Gasteiger partial charge in [0.2, 0.25) is 0 Å². The molecular weight excluding hydrogens is 1400 g/mol. The lowest BCUT2D eigenvalue weighted by Gasteiger charge is -2.07. The summed E-state index contributed by atoms with van der Waals surface area (Å²) in [6.07, 6.45) is 106. The van der Waals surface area contributed by atoms with Crippen LogP contribution in [0.5, 0.6) is 0 Å². The predicted molar refractivity (Wildman–Crippen MR) is 532 cm³/mol. The van der Waals surface area contributed by atoms with Crippen LogP contribution in [-0.2, 0) is 0 Å². The van der Waals surface area contributed by atoms with Gasteiger partial charge in [0, 0.05) is 6.61 Å². The second-order valence-electron chi connectivity index (χ2n) is 36.8. The molecule has 0 spiro atoms. The molecule has 0 aliphatic rings. The summed E-state index contributed by atoms with van der Waals surface area (Å²) in [6, 6.07) is 0. The lowest BCUT2D eigenvalue weighted by molar-refractivity contribution is 0.259. The number of aliphatic hydroxyl groups excluding tert-OH is 1. The third-order valence-electron chi connectivity index (χ3n) is 23.5. The predicted octanol–water partition coefficient (Wildman–Crippen LogP) is 39.0. The lowest BCUT2D eigenvalue weighted by Crippen LogP contribution is -1.97. The Bertz CT molecular complexity index is 3360. The van der Waals surface area contributed by atoms with Gasteiger partial charge in [0.25, 0.3) is 0 Å². The van der Waals surface area contributed by atoms with Gasteiger partial charge < -0.3 is 5.11 Å². The molecule has 0 aliphatic heterocycles. The Kier molecular flexibility index (Phi) is 70.6. The first-order valence-corrected chi connectivity index (χ1v) is 47.5. The van der Waals surface area contributed by atoms with Crippen LogP contribution < -0.4 is 0 Å². The monoisotopic (exact) mass is 1590 g/mol. The molecule has 0 radical (unpaired) electrons. The lowest BCUT2D eigenvalue weighted by atomic mass is 10.0. The summed E-state index contributed by atoms with van der Waals surface area (Å²) in [7, 11) is 0. The van der Waals surface area contributed by atoms with E-state index in [9.17, 15) is 0 Å². The summed E-state index contributed by atoms with van der Waals surface area (Å²) in [5.74, 6) is 0.610. The van der Waals surface area contributed by atoms with Crippen LogP contribution in [0, 0.1) is 5.92 Å². The van der Waals surface area contributed by atoms with Crippen LogP contribution in [0.3, 0.4) is 0 Å². The van der Waals surface area contributed by atoms with Gasteiger partial charge >= 0.3 is 0 Å². The number of hydrogen-bond donors (Lipinski definition) is 1. The molecule has 1 unspecified atom stereocenters. The quantitative estimate of drug-likeness (QED) is 0.0602. The van der Waals surface area contributed by atoms with Gasteiger partial charge in [-0.05, 0) is 454 Å². The van der Waals surface area contributed by atoms with E-state index < -0.39 is 0 Å². The fraction of sp³-hybridized carbons (Fsp3) is 0.617. The number of allylic oxidation sites excluding steroid dienone is 44. The van der Waals surface area contributed by atoms with Gasteiger partial charge in [-0.3, -0.25) is 0 Å². The highest BCUT2D eigenvalue weighted by molar-refractivity contribution is 5.17. The zero-order chi connectivity index (χ0) is 86.4. The van der Waals surface area contributed by atoms with Crippen LogP contribution in [0.2, 0.25) is 0 Å². The van der Waals surface area contributed by atoms with Crippen molar-refractivity contribution in [2.75, 3.05) is 6.61 Å². The van der Waals surface area contributed by atoms with Crippen LogP contribution in [0.25, 0.3) is 0 Å². The number of hydrogen-bond acceptors (Lipinski definition) is 1. The third-order valence-corrected chi connectivity index (χ3v) is 23.5. The Morgan fingerprint density at radius 2 is 0.241 bits per heavy atom. The van der Waals surface area contributed by atoms with Gasteiger partial charge in [0.15, 0.2) is 0 Å². The van der Waals surface area contributed by atoms with Crippen molar-refractivity contribution in [2.45, 2.75) is 455 Å². The maximum absolute atomic E-state index is 9.12. The normalized spacial score (nSPS) is 15.5. The fourth-order valence-electron chi connectivity index (χ4n) is 14.6. The van der Waals surface area contributed by atoms with E-state index in [1.54, 1.807) is 0 Å². The van der Waals surface area contributed by atoms with Crippen molar-refractivity contribution in [2.24, 2.45) is 5.92 Å². The van der Waals surface area contributed by atoms with Gasteiger partial charge in [-0.1, -0.05) is 263 Å². The van der Waals surface area contributed by atoms with E-state index in [0.29, 0.717) is 12.5 Å². The first kappa shape index (κ1) is 110. The van der Waals surface area contributed by atoms with Crippen molar-refractivity contribution in [3.8, 4) is 0 Å². The average molecular weight is 1590 g/mol. The van der Waals surface area contributed by atoms with Crippen molar-refractivity contribution in [3.63, 3.8) is 0 Å². The van der Waals surface area contributed by atoms with E-state index in [2.05, 4.69) is 300 Å². The standard InChI is InChI=1S/C115H188O/c1-93(2)47-25-48-94(3)49-26-50-95(4)51-27-52-96(5)53-28-54-97(6)55-29-56-98(7)57-30-58-99(8)59-31-60-100(9)61-32-62-101(10)63-33-64-102(11)65-34-66-103(12)67-35-68-104(13)69-36-70-105(14)71-37-72-106(15)73-38-74-107(16)75-39-76-108(17)77-40-78-109(18)79-41-80-110(19)81-42-82-111(20)83-43-84-112(21)85-44-86-113(22)87-45-88-114(23)89-46-90-115(24)91-92-116/h47,49,51,53,55,57,59,61,63,65,67,69,71,73,75,77,79,81,83,85,87,89,115-116H,25-46,48,50,52,54,56,58,60,62,64,66,68,70,72,74,76,78,80,82,84,86,88,90-92H2,1-24H3. The largest absolute Gasteiger partial charge is 0.396 e. The molecule has 0 saturated heterocycles. The Labute approximate surface area is 724 Å². The molecule has 0 aromatic rings. The second kappa shape index (κ2) is 74.3. The van der Waals surface area contributed by atoms with Gasteiger partial charge in [-0.15, -0.1) is 0 Å². The fourth-order valence-corrected chi connectivity index (χ4v) is 14.6. The van der Waals surface area contributed by atoms with Crippen molar-refractivity contribution in [1.29, 1.82) is 0 Å². The first-order valence-electron chi connectivity index (χ1n) is 47.5. The molecule has 0 rings (SSSR count). The summed E-state index contributed by atoms with van der Waals surface area (Å²) in [5, 5.41) is 9.12.